The Morgan fingerprint density at radius 3 is 2.79 bits per heavy atom. The average Bonchev–Trinajstić information content (AvgIpc) is 2.38. The summed E-state index contributed by atoms with van der Waals surface area (Å²) in [6.07, 6.45) is 1.72. The molecule has 4 heteroatoms. The van der Waals surface area contributed by atoms with E-state index in [1.54, 1.807) is 4.90 Å². The number of amides is 2. The summed E-state index contributed by atoms with van der Waals surface area (Å²) in [4.78, 5) is 13.5. The fraction of sp³-hybridized carbons (Fsp3) is 0.533. The Hall–Kier alpha value is -1.55. The monoisotopic (exact) mass is 264 g/mol. The molecule has 1 aromatic rings. The minimum Gasteiger partial charge on any atom is -0.395 e. The lowest BCUT2D eigenvalue weighted by molar-refractivity contribution is 0.177. The van der Waals surface area contributed by atoms with Crippen molar-refractivity contribution in [1.29, 1.82) is 0 Å². The van der Waals surface area contributed by atoms with Gasteiger partial charge in [-0.15, -0.1) is 0 Å². The van der Waals surface area contributed by atoms with E-state index in [2.05, 4.69) is 30.4 Å². The first kappa shape index (κ1) is 15.5. The number of carbonyl (C=O) groups excluding carboxylic acids is 1. The van der Waals surface area contributed by atoms with Crippen molar-refractivity contribution in [3.8, 4) is 0 Å². The van der Waals surface area contributed by atoms with Crippen LogP contribution in [0.4, 0.5) is 4.79 Å². The molecule has 0 aliphatic rings. The van der Waals surface area contributed by atoms with Gasteiger partial charge in [-0.1, -0.05) is 36.8 Å². The first-order valence-corrected chi connectivity index (χ1v) is 6.86. The molecule has 2 amide bonds. The molecule has 1 aromatic carbocycles. The molecule has 0 heterocycles. The molecular weight excluding hydrogens is 240 g/mol. The molecule has 0 saturated heterocycles. The summed E-state index contributed by atoms with van der Waals surface area (Å²) in [7, 11) is 0. The molecule has 0 aliphatic heterocycles. The number of aliphatic hydroxyl groups is 1. The summed E-state index contributed by atoms with van der Waals surface area (Å²) in [5.41, 5.74) is 2.46. The molecule has 19 heavy (non-hydrogen) atoms. The fourth-order valence-corrected chi connectivity index (χ4v) is 2.00. The van der Waals surface area contributed by atoms with Crippen molar-refractivity contribution in [3.63, 3.8) is 0 Å². The number of nitrogens with one attached hydrogen (secondary N) is 1. The van der Waals surface area contributed by atoms with Crippen molar-refractivity contribution >= 4 is 6.03 Å². The summed E-state index contributed by atoms with van der Waals surface area (Å²) < 4.78 is 0. The number of aliphatic hydroxyl groups excluding tert-OH is 1. The van der Waals surface area contributed by atoms with E-state index in [-0.39, 0.29) is 12.6 Å². The third-order valence-electron chi connectivity index (χ3n) is 2.92. The van der Waals surface area contributed by atoms with E-state index in [1.165, 1.54) is 11.1 Å². The van der Waals surface area contributed by atoms with E-state index in [1.807, 2.05) is 13.0 Å². The molecule has 2 N–H and O–H groups in total. The summed E-state index contributed by atoms with van der Waals surface area (Å²) in [6.45, 7) is 5.77. The zero-order valence-electron chi connectivity index (χ0n) is 11.9. The van der Waals surface area contributed by atoms with Gasteiger partial charge in [-0.25, -0.2) is 4.79 Å². The van der Waals surface area contributed by atoms with Crippen LogP contribution in [0.15, 0.2) is 24.3 Å². The van der Waals surface area contributed by atoms with Crippen LogP contribution >= 0.6 is 0 Å². The van der Waals surface area contributed by atoms with Gasteiger partial charge in [0.2, 0.25) is 0 Å². The summed E-state index contributed by atoms with van der Waals surface area (Å²) in [5.74, 6) is 0. The van der Waals surface area contributed by atoms with Crippen LogP contribution in [0.5, 0.6) is 0 Å². The van der Waals surface area contributed by atoms with Crippen LogP contribution in [0.3, 0.4) is 0 Å². The number of hydrogen-bond acceptors (Lipinski definition) is 2. The Morgan fingerprint density at radius 1 is 1.37 bits per heavy atom. The lowest BCUT2D eigenvalue weighted by Crippen LogP contribution is -2.42. The minimum absolute atomic E-state index is 0.00526. The minimum atomic E-state index is -0.0939. The number of benzene rings is 1. The highest BCUT2D eigenvalue weighted by molar-refractivity contribution is 5.74. The third kappa shape index (κ3) is 5.75. The van der Waals surface area contributed by atoms with Crippen LogP contribution in [0.1, 0.15) is 24.5 Å². The first-order chi connectivity index (χ1) is 9.17. The second kappa shape index (κ2) is 8.53. The van der Waals surface area contributed by atoms with Crippen molar-refractivity contribution in [1.82, 2.24) is 10.2 Å². The number of rotatable bonds is 7. The fourth-order valence-electron chi connectivity index (χ4n) is 2.00. The van der Waals surface area contributed by atoms with Crippen LogP contribution < -0.4 is 5.32 Å². The van der Waals surface area contributed by atoms with E-state index in [0.29, 0.717) is 19.6 Å². The standard InChI is InChI=1S/C15H24N2O2/c1-3-9-17(10-11-18)15(19)16-8-7-14-6-4-5-13(2)12-14/h4-6,12,18H,3,7-11H2,1-2H3,(H,16,19). The molecule has 0 spiro atoms. The number of aryl methyl sites for hydroxylation is 1. The van der Waals surface area contributed by atoms with Gasteiger partial charge in [-0.2, -0.15) is 0 Å². The predicted octanol–water partition coefficient (Wildman–Crippen LogP) is 1.95. The maximum absolute atomic E-state index is 11.9. The smallest absolute Gasteiger partial charge is 0.317 e. The van der Waals surface area contributed by atoms with Gasteiger partial charge in [-0.3, -0.25) is 0 Å². The third-order valence-corrected chi connectivity index (χ3v) is 2.92. The van der Waals surface area contributed by atoms with Crippen LogP contribution in [0.2, 0.25) is 0 Å². The quantitative estimate of drug-likeness (QED) is 0.791. The van der Waals surface area contributed by atoms with E-state index in [0.717, 1.165) is 12.8 Å². The van der Waals surface area contributed by atoms with Crippen LogP contribution in [0.25, 0.3) is 0 Å². The van der Waals surface area contributed by atoms with Gasteiger partial charge in [0, 0.05) is 19.6 Å². The molecule has 0 aliphatic carbocycles. The van der Waals surface area contributed by atoms with Crippen LogP contribution in [-0.4, -0.2) is 42.3 Å². The first-order valence-electron chi connectivity index (χ1n) is 6.86. The van der Waals surface area contributed by atoms with Crippen LogP contribution in [0, 0.1) is 6.92 Å². The van der Waals surface area contributed by atoms with Crippen molar-refractivity contribution in [2.45, 2.75) is 26.7 Å². The predicted molar refractivity (Wildman–Crippen MR) is 77.2 cm³/mol. The molecule has 0 radical (unpaired) electrons. The summed E-state index contributed by atoms with van der Waals surface area (Å²) in [5, 5.41) is 11.8. The lowest BCUT2D eigenvalue weighted by atomic mass is 10.1. The van der Waals surface area contributed by atoms with Gasteiger partial charge in [-0.05, 0) is 25.3 Å². The SMILES string of the molecule is CCCN(CCO)C(=O)NCCc1cccc(C)c1. The number of hydrogen-bond donors (Lipinski definition) is 2. The van der Waals surface area contributed by atoms with Crippen molar-refractivity contribution in [3.05, 3.63) is 35.4 Å². The molecule has 0 fully saturated rings. The Bertz CT molecular complexity index is 387. The molecule has 0 bridgehead atoms. The Labute approximate surface area is 115 Å². The molecule has 1 rings (SSSR count). The largest absolute Gasteiger partial charge is 0.395 e. The lowest BCUT2D eigenvalue weighted by Gasteiger charge is -2.21. The molecule has 0 atom stereocenters. The average molecular weight is 264 g/mol. The molecule has 0 unspecified atom stereocenters. The summed E-state index contributed by atoms with van der Waals surface area (Å²) in [6, 6.07) is 8.19. The van der Waals surface area contributed by atoms with Gasteiger partial charge in [0.25, 0.3) is 0 Å². The van der Waals surface area contributed by atoms with Gasteiger partial charge in [0.05, 0.1) is 6.61 Å². The zero-order chi connectivity index (χ0) is 14.1. The number of nitrogens with zero attached hydrogens (tertiary/aromatic N) is 1. The highest BCUT2D eigenvalue weighted by Crippen LogP contribution is 2.04. The highest BCUT2D eigenvalue weighted by atomic mass is 16.3. The van der Waals surface area contributed by atoms with Crippen molar-refractivity contribution < 1.29 is 9.90 Å². The van der Waals surface area contributed by atoms with Gasteiger partial charge >= 0.3 is 6.03 Å². The molecule has 4 nitrogen and oxygen atoms in total. The van der Waals surface area contributed by atoms with Gasteiger partial charge in [0.1, 0.15) is 0 Å². The van der Waals surface area contributed by atoms with E-state index >= 15 is 0 Å². The van der Waals surface area contributed by atoms with Gasteiger partial charge < -0.3 is 15.3 Å². The molecular formula is C15H24N2O2. The number of carbonyl (C=O) groups is 1. The zero-order valence-corrected chi connectivity index (χ0v) is 11.9. The Kier molecular flexibility index (Phi) is 6.97. The van der Waals surface area contributed by atoms with Crippen molar-refractivity contribution in [2.24, 2.45) is 0 Å². The normalized spacial score (nSPS) is 10.3. The molecule has 0 aromatic heterocycles. The maximum Gasteiger partial charge on any atom is 0.317 e. The second-order valence-electron chi connectivity index (χ2n) is 4.68. The second-order valence-corrected chi connectivity index (χ2v) is 4.68. The van der Waals surface area contributed by atoms with Crippen molar-refractivity contribution in [2.75, 3.05) is 26.2 Å². The van der Waals surface area contributed by atoms with E-state index in [9.17, 15) is 4.79 Å². The maximum atomic E-state index is 11.9. The topological polar surface area (TPSA) is 52.6 Å². The Balaban J connectivity index is 2.36. The van der Waals surface area contributed by atoms with Crippen LogP contribution in [-0.2, 0) is 6.42 Å². The highest BCUT2D eigenvalue weighted by Gasteiger charge is 2.10. The summed E-state index contributed by atoms with van der Waals surface area (Å²) >= 11 is 0. The number of urea groups is 1. The van der Waals surface area contributed by atoms with E-state index < -0.39 is 0 Å². The molecule has 106 valence electrons. The van der Waals surface area contributed by atoms with Gasteiger partial charge in [0.15, 0.2) is 0 Å². The Morgan fingerprint density at radius 2 is 2.16 bits per heavy atom. The van der Waals surface area contributed by atoms with E-state index in [4.69, 9.17) is 5.11 Å². The molecule has 0 saturated carbocycles.